The second-order valence-corrected chi connectivity index (χ2v) is 9.51. The van der Waals surface area contributed by atoms with Crippen LogP contribution in [0.25, 0.3) is 0 Å². The molecule has 0 aromatic heterocycles. The number of carbonyl (C=O) groups is 1. The number of amidine groups is 1. The van der Waals surface area contributed by atoms with E-state index in [1.807, 2.05) is 57.2 Å². The molecule has 0 unspecified atom stereocenters. The highest BCUT2D eigenvalue weighted by Crippen LogP contribution is 2.39. The van der Waals surface area contributed by atoms with E-state index in [1.54, 1.807) is 4.90 Å². The third-order valence-corrected chi connectivity index (χ3v) is 6.57. The number of piperazine rings is 1. The largest absolute Gasteiger partial charge is 0.454 e. The molecule has 0 saturated carbocycles. The molecule has 2 amide bonds. The first-order chi connectivity index (χ1) is 17.6. The van der Waals surface area contributed by atoms with Crippen LogP contribution in [-0.4, -0.2) is 47.3 Å². The van der Waals surface area contributed by atoms with Crippen LogP contribution in [0.2, 0.25) is 0 Å². The van der Waals surface area contributed by atoms with Crippen LogP contribution >= 0.6 is 0 Å². The van der Waals surface area contributed by atoms with Gasteiger partial charge in [0.15, 0.2) is 5.75 Å². The van der Waals surface area contributed by atoms with Crippen LogP contribution in [0.15, 0.2) is 65.7 Å². The van der Waals surface area contributed by atoms with E-state index in [2.05, 4.69) is 10.2 Å². The molecule has 0 aliphatic carbocycles. The number of amides is 2. The third kappa shape index (κ3) is 5.12. The number of hydrogen-bond donors (Lipinski definition) is 1. The molecule has 0 spiro atoms. The van der Waals surface area contributed by atoms with E-state index < -0.39 is 17.8 Å². The number of fused-ring (bicyclic) bond motifs is 2. The Kier molecular flexibility index (Phi) is 6.31. The Bertz CT molecular complexity index is 1390. The molecule has 9 heteroatoms. The maximum Gasteiger partial charge on any atom is 0.416 e. The minimum absolute atomic E-state index is 0.107. The van der Waals surface area contributed by atoms with Crippen LogP contribution in [0.3, 0.4) is 0 Å². The van der Waals surface area contributed by atoms with E-state index in [0.29, 0.717) is 31.1 Å². The lowest BCUT2D eigenvalue weighted by Crippen LogP contribution is -2.56. The summed E-state index contributed by atoms with van der Waals surface area (Å²) in [6, 6.07) is 15.9. The number of hydrogen-bond acceptors (Lipinski definition) is 4. The predicted octanol–water partition coefficient (Wildman–Crippen LogP) is 6.74. The number of anilines is 1. The summed E-state index contributed by atoms with van der Waals surface area (Å²) in [4.78, 5) is 21.7. The molecule has 6 nitrogen and oxygen atoms in total. The Morgan fingerprint density at radius 1 is 1.00 bits per heavy atom. The van der Waals surface area contributed by atoms with Gasteiger partial charge in [0.05, 0.1) is 11.1 Å². The van der Waals surface area contributed by atoms with E-state index in [0.717, 1.165) is 40.3 Å². The van der Waals surface area contributed by atoms with E-state index in [1.165, 1.54) is 12.1 Å². The van der Waals surface area contributed by atoms with Crippen molar-refractivity contribution >= 4 is 23.2 Å². The number of aliphatic imine (C=N–C) groups is 1. The average molecular weight is 509 g/mol. The van der Waals surface area contributed by atoms with Crippen LogP contribution in [-0.2, 0) is 6.18 Å². The number of carbonyl (C=O) groups excluding carboxylic acids is 1. The number of alkyl halides is 3. The molecular formula is C28H27F3N4O2. The number of rotatable bonds is 1. The highest BCUT2D eigenvalue weighted by Gasteiger charge is 2.33. The molecule has 2 aliphatic heterocycles. The molecule has 1 fully saturated rings. The molecule has 192 valence electrons. The van der Waals surface area contributed by atoms with Gasteiger partial charge in [-0.3, -0.25) is 0 Å². The summed E-state index contributed by atoms with van der Waals surface area (Å²) in [6.07, 6.45) is -4.48. The highest BCUT2D eigenvalue weighted by atomic mass is 19.4. The normalized spacial score (nSPS) is 17.2. The molecule has 5 rings (SSSR count). The Balaban J connectivity index is 1.38. The van der Waals surface area contributed by atoms with Gasteiger partial charge in [0.1, 0.15) is 17.3 Å². The summed E-state index contributed by atoms with van der Waals surface area (Å²) >= 11 is 0. The number of halogens is 3. The van der Waals surface area contributed by atoms with Crippen molar-refractivity contribution < 1.29 is 22.7 Å². The van der Waals surface area contributed by atoms with E-state index in [-0.39, 0.29) is 11.7 Å². The molecular weight excluding hydrogens is 481 g/mol. The van der Waals surface area contributed by atoms with E-state index >= 15 is 0 Å². The lowest BCUT2D eigenvalue weighted by molar-refractivity contribution is -0.137. The molecule has 1 atom stereocenters. The summed E-state index contributed by atoms with van der Waals surface area (Å²) in [5.74, 6) is 2.17. The second kappa shape index (κ2) is 9.46. The number of nitrogens with one attached hydrogen (secondary N) is 1. The van der Waals surface area contributed by atoms with Gasteiger partial charge in [-0.15, -0.1) is 0 Å². The zero-order valence-electron chi connectivity index (χ0n) is 20.8. The molecule has 2 aliphatic rings. The minimum Gasteiger partial charge on any atom is -0.454 e. The first-order valence-corrected chi connectivity index (χ1v) is 12.1. The number of benzene rings is 3. The SMILES string of the molecule is Cc1ccc2c(c1)Oc1ccc(C)cc1C(N1CCN(C(=O)Nc3cccc(C(F)(F)F)c3)[C@@H](C)C1)=N2. The fourth-order valence-corrected chi connectivity index (χ4v) is 4.66. The fraction of sp³-hybridized carbons (Fsp3) is 0.286. The van der Waals surface area contributed by atoms with Crippen LogP contribution < -0.4 is 10.1 Å². The number of ether oxygens (including phenoxy) is 1. The van der Waals surface area contributed by atoms with Crippen molar-refractivity contribution in [1.82, 2.24) is 9.80 Å². The quantitative estimate of drug-likeness (QED) is 0.396. The van der Waals surface area contributed by atoms with Gasteiger partial charge in [-0.1, -0.05) is 23.8 Å². The maximum absolute atomic E-state index is 13.1. The molecule has 0 radical (unpaired) electrons. The molecule has 1 saturated heterocycles. The van der Waals surface area contributed by atoms with Crippen molar-refractivity contribution in [3.05, 3.63) is 82.9 Å². The number of aryl methyl sites for hydroxylation is 2. The monoisotopic (exact) mass is 508 g/mol. The average Bonchev–Trinajstić information content (AvgIpc) is 2.99. The molecule has 0 bridgehead atoms. The van der Waals surface area contributed by atoms with Crippen molar-refractivity contribution in [2.24, 2.45) is 4.99 Å². The topological polar surface area (TPSA) is 57.2 Å². The van der Waals surface area contributed by atoms with Gasteiger partial charge in [-0.2, -0.15) is 13.2 Å². The Hall–Kier alpha value is -4.01. The van der Waals surface area contributed by atoms with Crippen molar-refractivity contribution in [2.45, 2.75) is 33.0 Å². The molecule has 3 aromatic carbocycles. The first-order valence-electron chi connectivity index (χ1n) is 12.1. The smallest absolute Gasteiger partial charge is 0.416 e. The van der Waals surface area contributed by atoms with Gasteiger partial charge < -0.3 is 19.9 Å². The van der Waals surface area contributed by atoms with Crippen molar-refractivity contribution in [3.63, 3.8) is 0 Å². The zero-order valence-corrected chi connectivity index (χ0v) is 20.8. The number of urea groups is 1. The van der Waals surface area contributed by atoms with Gasteiger partial charge in [0, 0.05) is 31.4 Å². The van der Waals surface area contributed by atoms with Crippen LogP contribution in [0.4, 0.5) is 29.3 Å². The summed E-state index contributed by atoms with van der Waals surface area (Å²) in [6.45, 7) is 7.32. The standard InChI is InChI=1S/C28H27F3N4O2/c1-17-8-10-24-22(13-17)26(33-23-9-7-18(2)14-25(23)37-24)34-11-12-35(19(3)16-34)27(36)32-21-6-4-5-20(15-21)28(29,30)31/h4-10,13-15,19H,11-12,16H2,1-3H3,(H,32,36)/t19-/m0/s1. The van der Waals surface area contributed by atoms with Crippen molar-refractivity contribution in [1.29, 1.82) is 0 Å². The fourth-order valence-electron chi connectivity index (χ4n) is 4.66. The summed E-state index contributed by atoms with van der Waals surface area (Å²) < 4.78 is 45.4. The summed E-state index contributed by atoms with van der Waals surface area (Å²) in [5, 5.41) is 2.62. The van der Waals surface area contributed by atoms with Gasteiger partial charge in [0.2, 0.25) is 0 Å². The Morgan fingerprint density at radius 2 is 1.76 bits per heavy atom. The highest BCUT2D eigenvalue weighted by molar-refractivity contribution is 6.04. The second-order valence-electron chi connectivity index (χ2n) is 9.51. The van der Waals surface area contributed by atoms with Gasteiger partial charge >= 0.3 is 12.2 Å². The minimum atomic E-state index is -4.48. The van der Waals surface area contributed by atoms with Crippen molar-refractivity contribution in [2.75, 3.05) is 25.0 Å². The third-order valence-electron chi connectivity index (χ3n) is 6.57. The number of nitrogens with zero attached hydrogens (tertiary/aromatic N) is 3. The molecule has 37 heavy (non-hydrogen) atoms. The summed E-state index contributed by atoms with van der Waals surface area (Å²) in [7, 11) is 0. The first kappa shape index (κ1) is 24.7. The van der Waals surface area contributed by atoms with Crippen molar-refractivity contribution in [3.8, 4) is 11.5 Å². The molecule has 1 N–H and O–H groups in total. The van der Waals surface area contributed by atoms with Crippen LogP contribution in [0, 0.1) is 13.8 Å². The Morgan fingerprint density at radius 3 is 2.51 bits per heavy atom. The molecule has 2 heterocycles. The lowest BCUT2D eigenvalue weighted by Gasteiger charge is -2.41. The van der Waals surface area contributed by atoms with E-state index in [4.69, 9.17) is 9.73 Å². The zero-order chi connectivity index (χ0) is 26.3. The van der Waals surface area contributed by atoms with E-state index in [9.17, 15) is 18.0 Å². The maximum atomic E-state index is 13.1. The predicted molar refractivity (Wildman–Crippen MR) is 137 cm³/mol. The van der Waals surface area contributed by atoms with Crippen LogP contribution in [0.5, 0.6) is 11.5 Å². The van der Waals surface area contributed by atoms with Gasteiger partial charge in [-0.05, 0) is 68.8 Å². The molecule has 3 aromatic rings. The van der Waals surface area contributed by atoms with Crippen LogP contribution in [0.1, 0.15) is 29.2 Å². The summed E-state index contributed by atoms with van der Waals surface area (Å²) in [5.41, 5.74) is 3.05. The lowest BCUT2D eigenvalue weighted by atomic mass is 10.1. The van der Waals surface area contributed by atoms with Gasteiger partial charge in [0.25, 0.3) is 0 Å². The Labute approximate surface area is 213 Å². The van der Waals surface area contributed by atoms with Gasteiger partial charge in [-0.25, -0.2) is 9.79 Å².